The first-order valence-corrected chi connectivity index (χ1v) is 11.6. The average molecular weight is 498 g/mol. The number of rotatable bonds is 4. The zero-order valence-electron chi connectivity index (χ0n) is 19.2. The van der Waals surface area contributed by atoms with Crippen LogP contribution in [-0.2, 0) is 14.4 Å². The molecule has 3 amide bonds. The molecule has 0 aliphatic carbocycles. The largest absolute Gasteiger partial charge is 0.351 e. The highest BCUT2D eigenvalue weighted by molar-refractivity contribution is 6.25. The van der Waals surface area contributed by atoms with Crippen molar-refractivity contribution in [2.24, 2.45) is 11.8 Å². The molecule has 0 aromatic heterocycles. The van der Waals surface area contributed by atoms with E-state index in [1.54, 1.807) is 4.90 Å². The minimum absolute atomic E-state index is 0.116. The summed E-state index contributed by atoms with van der Waals surface area (Å²) < 4.78 is 13.9. The molecule has 0 bridgehead atoms. The smallest absolute Gasteiger partial charge is 0.269 e. The quantitative estimate of drug-likeness (QED) is 0.333. The molecule has 184 valence electrons. The summed E-state index contributed by atoms with van der Waals surface area (Å²) in [5.41, 5.74) is 1.86. The van der Waals surface area contributed by atoms with Crippen LogP contribution in [0.5, 0.6) is 0 Å². The summed E-state index contributed by atoms with van der Waals surface area (Å²) >= 11 is 0. The maximum absolute atomic E-state index is 13.9. The van der Waals surface area contributed by atoms with Crippen LogP contribution >= 0.6 is 0 Å². The molecule has 9 nitrogen and oxygen atoms in total. The SMILES string of the molecule is O=C(Nc1ccc([N+](=O)[O-])cc1)[C@@H]1[C@@H]2C(=O)N(c3cccc(F)c3)C(=O)[C@@H]2[C@H]2C=Cc3ccccc3N21. The fourth-order valence-corrected chi connectivity index (χ4v) is 5.57. The van der Waals surface area contributed by atoms with E-state index in [1.165, 1.54) is 42.5 Å². The summed E-state index contributed by atoms with van der Waals surface area (Å²) in [5.74, 6) is -4.06. The third-order valence-electron chi connectivity index (χ3n) is 7.10. The van der Waals surface area contributed by atoms with Crippen LogP contribution in [0.15, 0.2) is 78.9 Å². The second-order valence-electron chi connectivity index (χ2n) is 9.10. The third kappa shape index (κ3) is 3.48. The lowest BCUT2D eigenvalue weighted by atomic mass is 9.88. The van der Waals surface area contributed by atoms with Gasteiger partial charge < -0.3 is 10.2 Å². The van der Waals surface area contributed by atoms with Gasteiger partial charge in [0.25, 0.3) is 5.69 Å². The molecule has 3 aliphatic heterocycles. The van der Waals surface area contributed by atoms with E-state index in [0.717, 1.165) is 16.5 Å². The molecule has 3 aliphatic rings. The van der Waals surface area contributed by atoms with Crippen LogP contribution < -0.4 is 15.1 Å². The van der Waals surface area contributed by atoms with Crippen LogP contribution in [0.3, 0.4) is 0 Å². The lowest BCUT2D eigenvalue weighted by Gasteiger charge is -2.36. The molecule has 0 unspecified atom stereocenters. The van der Waals surface area contributed by atoms with Gasteiger partial charge in [-0.3, -0.25) is 24.5 Å². The Bertz CT molecular complexity index is 1500. The van der Waals surface area contributed by atoms with Gasteiger partial charge in [-0.25, -0.2) is 9.29 Å². The Morgan fingerprint density at radius 3 is 2.41 bits per heavy atom. The Hall–Kier alpha value is -4.86. The number of hydrogen-bond donors (Lipinski definition) is 1. The standard InChI is InChI=1S/C27H19FN4O5/c28-16-5-3-6-19(14-16)30-26(34)22-21-13-8-15-4-1-2-7-20(15)31(21)24(23(22)27(30)35)25(33)29-17-9-11-18(12-10-17)32(36)37/h1-14,21-24H,(H,29,33)/t21-,22-,23-,24+/m1/s1. The molecule has 6 rings (SSSR count). The number of benzene rings is 3. The fraction of sp³-hybridized carbons (Fsp3) is 0.148. The number of imide groups is 1. The number of nitro groups is 1. The Balaban J connectivity index is 1.41. The molecule has 2 fully saturated rings. The summed E-state index contributed by atoms with van der Waals surface area (Å²) in [7, 11) is 0. The molecule has 37 heavy (non-hydrogen) atoms. The number of carbonyl (C=O) groups is 3. The Labute approximate surface area is 209 Å². The Kier molecular flexibility index (Phi) is 5.11. The lowest BCUT2D eigenvalue weighted by molar-refractivity contribution is -0.384. The summed E-state index contributed by atoms with van der Waals surface area (Å²) in [6, 6.07) is 16.4. The van der Waals surface area contributed by atoms with Crippen molar-refractivity contribution in [2.75, 3.05) is 15.1 Å². The third-order valence-corrected chi connectivity index (χ3v) is 7.10. The Morgan fingerprint density at radius 2 is 1.68 bits per heavy atom. The van der Waals surface area contributed by atoms with Gasteiger partial charge in [-0.2, -0.15) is 0 Å². The summed E-state index contributed by atoms with van der Waals surface area (Å²) in [5, 5.41) is 13.7. The average Bonchev–Trinajstić information content (AvgIpc) is 3.37. The van der Waals surface area contributed by atoms with Gasteiger partial charge in [-0.15, -0.1) is 0 Å². The van der Waals surface area contributed by atoms with Crippen LogP contribution in [0, 0.1) is 27.8 Å². The van der Waals surface area contributed by atoms with Crippen molar-refractivity contribution in [3.05, 3.63) is 100 Å². The number of halogens is 1. The number of amides is 3. The molecule has 10 heteroatoms. The highest BCUT2D eigenvalue weighted by Crippen LogP contribution is 2.49. The molecule has 2 saturated heterocycles. The molecule has 0 spiro atoms. The molecule has 3 aromatic carbocycles. The Morgan fingerprint density at radius 1 is 0.946 bits per heavy atom. The van der Waals surface area contributed by atoms with Crippen LogP contribution in [0.2, 0.25) is 0 Å². The number of nitrogens with zero attached hydrogens (tertiary/aromatic N) is 3. The number of non-ortho nitro benzene ring substituents is 1. The molecule has 0 saturated carbocycles. The van der Waals surface area contributed by atoms with Crippen molar-refractivity contribution in [3.63, 3.8) is 0 Å². The van der Waals surface area contributed by atoms with Crippen LogP contribution in [0.25, 0.3) is 6.08 Å². The van der Waals surface area contributed by atoms with E-state index in [1.807, 2.05) is 36.4 Å². The zero-order chi connectivity index (χ0) is 25.8. The van der Waals surface area contributed by atoms with Crippen LogP contribution in [0.4, 0.5) is 27.1 Å². The number of nitrogens with one attached hydrogen (secondary N) is 1. The first-order chi connectivity index (χ1) is 17.8. The monoisotopic (exact) mass is 498 g/mol. The van der Waals surface area contributed by atoms with E-state index in [4.69, 9.17) is 0 Å². The summed E-state index contributed by atoms with van der Waals surface area (Å²) in [6.45, 7) is 0. The normalized spacial score (nSPS) is 23.5. The first-order valence-electron chi connectivity index (χ1n) is 11.6. The predicted octanol–water partition coefficient (Wildman–Crippen LogP) is 3.76. The molecule has 3 heterocycles. The number of nitro benzene ring substituents is 1. The van der Waals surface area contributed by atoms with Crippen molar-refractivity contribution < 1.29 is 23.7 Å². The topological polar surface area (TPSA) is 113 Å². The number of hydrogen-bond acceptors (Lipinski definition) is 6. The van der Waals surface area contributed by atoms with E-state index in [0.29, 0.717) is 11.4 Å². The number of fused-ring (bicyclic) bond motifs is 5. The van der Waals surface area contributed by atoms with Gasteiger partial charge in [0.05, 0.1) is 28.5 Å². The van der Waals surface area contributed by atoms with Gasteiger partial charge in [-0.05, 0) is 42.0 Å². The van der Waals surface area contributed by atoms with Crippen LogP contribution in [0.1, 0.15) is 5.56 Å². The molecule has 0 radical (unpaired) electrons. The molecule has 1 N–H and O–H groups in total. The van der Waals surface area contributed by atoms with Gasteiger partial charge in [0.1, 0.15) is 11.9 Å². The van der Waals surface area contributed by atoms with Crippen molar-refractivity contribution in [2.45, 2.75) is 12.1 Å². The molecule has 3 aromatic rings. The van der Waals surface area contributed by atoms with Gasteiger partial charge in [0, 0.05) is 23.5 Å². The number of anilines is 3. The second-order valence-corrected chi connectivity index (χ2v) is 9.10. The van der Waals surface area contributed by atoms with Crippen LogP contribution in [-0.4, -0.2) is 34.7 Å². The zero-order valence-corrected chi connectivity index (χ0v) is 19.2. The van der Waals surface area contributed by atoms with E-state index in [9.17, 15) is 28.9 Å². The first kappa shape index (κ1) is 22.6. The highest BCUT2D eigenvalue weighted by atomic mass is 19.1. The van der Waals surface area contributed by atoms with Gasteiger partial charge in [0.15, 0.2) is 0 Å². The van der Waals surface area contributed by atoms with Crippen molar-refractivity contribution >= 4 is 46.5 Å². The van der Waals surface area contributed by atoms with Gasteiger partial charge in [0.2, 0.25) is 17.7 Å². The number of para-hydroxylation sites is 1. The van der Waals surface area contributed by atoms with E-state index >= 15 is 0 Å². The van der Waals surface area contributed by atoms with E-state index in [-0.39, 0.29) is 11.4 Å². The minimum atomic E-state index is -1.05. The molecular formula is C27H19FN4O5. The van der Waals surface area contributed by atoms with E-state index in [2.05, 4.69) is 5.32 Å². The van der Waals surface area contributed by atoms with Crippen molar-refractivity contribution in [3.8, 4) is 0 Å². The maximum atomic E-state index is 13.9. The van der Waals surface area contributed by atoms with Gasteiger partial charge in [-0.1, -0.05) is 36.4 Å². The minimum Gasteiger partial charge on any atom is -0.351 e. The molecule has 4 atom stereocenters. The van der Waals surface area contributed by atoms with Crippen molar-refractivity contribution in [1.29, 1.82) is 0 Å². The fourth-order valence-electron chi connectivity index (χ4n) is 5.57. The predicted molar refractivity (Wildman–Crippen MR) is 133 cm³/mol. The van der Waals surface area contributed by atoms with Crippen molar-refractivity contribution in [1.82, 2.24) is 0 Å². The number of carbonyl (C=O) groups excluding carboxylic acids is 3. The van der Waals surface area contributed by atoms with E-state index < -0.39 is 52.4 Å². The lowest BCUT2D eigenvalue weighted by Crippen LogP contribution is -2.50. The molecular weight excluding hydrogens is 479 g/mol. The highest BCUT2D eigenvalue weighted by Gasteiger charge is 2.64. The van der Waals surface area contributed by atoms with Gasteiger partial charge >= 0.3 is 0 Å². The maximum Gasteiger partial charge on any atom is 0.269 e. The summed E-state index contributed by atoms with van der Waals surface area (Å²) in [6.07, 6.45) is 3.69. The summed E-state index contributed by atoms with van der Waals surface area (Å²) in [4.78, 5) is 54.3. The second kappa shape index (κ2) is 8.37.